The molecule has 1 fully saturated rings. The predicted molar refractivity (Wildman–Crippen MR) is 75.1 cm³/mol. The molecule has 2 aliphatic heterocycles. The summed E-state index contributed by atoms with van der Waals surface area (Å²) in [5, 5.41) is 0.242. The van der Waals surface area contributed by atoms with Gasteiger partial charge in [0, 0.05) is 19.4 Å². The number of hydrogen-bond acceptors (Lipinski definition) is 3. The number of rotatable bonds is 2. The van der Waals surface area contributed by atoms with Crippen molar-refractivity contribution < 1.29 is 13.9 Å². The molecule has 2 heterocycles. The van der Waals surface area contributed by atoms with Crippen LogP contribution in [0.3, 0.4) is 0 Å². The monoisotopic (exact) mass is 270 g/mol. The Kier molecular flexibility index (Phi) is 3.64. The maximum absolute atomic E-state index is 6.39. The first-order valence-electron chi connectivity index (χ1n) is 6.84. The summed E-state index contributed by atoms with van der Waals surface area (Å²) < 4.78 is 17.8. The molecule has 18 heavy (non-hydrogen) atoms. The third-order valence-corrected chi connectivity index (χ3v) is 8.84. The molecule has 0 bridgehead atoms. The van der Waals surface area contributed by atoms with Crippen LogP contribution in [0.4, 0.5) is 0 Å². The van der Waals surface area contributed by atoms with E-state index in [1.807, 2.05) is 0 Å². The summed E-state index contributed by atoms with van der Waals surface area (Å²) >= 11 is 0. The van der Waals surface area contributed by atoms with Crippen LogP contribution in [0, 0.1) is 0 Å². The summed E-state index contributed by atoms with van der Waals surface area (Å²) in [4.78, 5) is 0. The second kappa shape index (κ2) is 4.65. The molecule has 0 aliphatic carbocycles. The SMILES string of the molecule is CC(C)(C)[Si](C)(C)OC1=CCOC2(CCOC2)C1. The highest BCUT2D eigenvalue weighted by atomic mass is 28.4. The van der Waals surface area contributed by atoms with Crippen molar-refractivity contribution in [3.05, 3.63) is 11.8 Å². The highest BCUT2D eigenvalue weighted by Crippen LogP contribution is 2.41. The average molecular weight is 270 g/mol. The van der Waals surface area contributed by atoms with Crippen LogP contribution in [-0.4, -0.2) is 33.7 Å². The van der Waals surface area contributed by atoms with E-state index in [2.05, 4.69) is 39.9 Å². The van der Waals surface area contributed by atoms with Gasteiger partial charge in [0.15, 0.2) is 0 Å². The van der Waals surface area contributed by atoms with Gasteiger partial charge in [-0.25, -0.2) is 0 Å². The Hall–Kier alpha value is -0.323. The molecular weight excluding hydrogens is 244 g/mol. The molecular formula is C14H26O3Si. The molecule has 104 valence electrons. The molecule has 0 aromatic carbocycles. The van der Waals surface area contributed by atoms with Crippen LogP contribution in [0.25, 0.3) is 0 Å². The van der Waals surface area contributed by atoms with E-state index in [1.165, 1.54) is 0 Å². The molecule has 2 rings (SSSR count). The Balaban J connectivity index is 2.04. The smallest absolute Gasteiger partial charge is 0.250 e. The minimum Gasteiger partial charge on any atom is -0.547 e. The van der Waals surface area contributed by atoms with Crippen molar-refractivity contribution >= 4 is 8.32 Å². The fourth-order valence-corrected chi connectivity index (χ4v) is 3.27. The second-order valence-electron chi connectivity index (χ2n) is 7.01. The molecule has 3 nitrogen and oxygen atoms in total. The Morgan fingerprint density at radius 1 is 1.33 bits per heavy atom. The quantitative estimate of drug-likeness (QED) is 0.719. The fraction of sp³-hybridized carbons (Fsp3) is 0.857. The Bertz CT molecular complexity index is 335. The summed E-state index contributed by atoms with van der Waals surface area (Å²) in [6.07, 6.45) is 3.97. The van der Waals surface area contributed by atoms with Crippen LogP contribution in [0.15, 0.2) is 11.8 Å². The highest BCUT2D eigenvalue weighted by molar-refractivity contribution is 6.74. The topological polar surface area (TPSA) is 27.7 Å². The third-order valence-electron chi connectivity index (χ3n) is 4.46. The Morgan fingerprint density at radius 3 is 2.61 bits per heavy atom. The summed E-state index contributed by atoms with van der Waals surface area (Å²) in [6, 6.07) is 0. The maximum Gasteiger partial charge on any atom is 0.250 e. The Morgan fingerprint density at radius 2 is 2.06 bits per heavy atom. The fourth-order valence-electron chi connectivity index (χ4n) is 2.15. The predicted octanol–water partition coefficient (Wildman–Crippen LogP) is 3.47. The van der Waals surface area contributed by atoms with E-state index in [0.29, 0.717) is 13.2 Å². The van der Waals surface area contributed by atoms with E-state index >= 15 is 0 Å². The van der Waals surface area contributed by atoms with E-state index in [9.17, 15) is 0 Å². The largest absolute Gasteiger partial charge is 0.547 e. The molecule has 4 heteroatoms. The van der Waals surface area contributed by atoms with Gasteiger partial charge in [-0.2, -0.15) is 0 Å². The summed E-state index contributed by atoms with van der Waals surface area (Å²) in [5.74, 6) is 1.12. The zero-order chi connectivity index (χ0) is 13.4. The van der Waals surface area contributed by atoms with Gasteiger partial charge in [0.2, 0.25) is 8.32 Å². The molecule has 1 unspecified atom stereocenters. The first-order valence-corrected chi connectivity index (χ1v) is 9.75. The van der Waals surface area contributed by atoms with Crippen LogP contribution in [-0.2, 0) is 13.9 Å². The Labute approximate surface area is 112 Å². The van der Waals surface area contributed by atoms with Crippen molar-refractivity contribution in [2.45, 2.75) is 57.3 Å². The third kappa shape index (κ3) is 2.81. The van der Waals surface area contributed by atoms with Crippen molar-refractivity contribution in [1.82, 2.24) is 0 Å². The van der Waals surface area contributed by atoms with Gasteiger partial charge in [-0.1, -0.05) is 20.8 Å². The lowest BCUT2D eigenvalue weighted by Crippen LogP contribution is -2.43. The summed E-state index contributed by atoms with van der Waals surface area (Å²) in [7, 11) is -1.72. The minimum absolute atomic E-state index is 0.105. The van der Waals surface area contributed by atoms with Gasteiger partial charge in [-0.15, -0.1) is 0 Å². The molecule has 0 saturated carbocycles. The molecule has 0 radical (unpaired) electrons. The molecule has 0 aromatic rings. The molecule has 0 N–H and O–H groups in total. The first-order chi connectivity index (χ1) is 8.24. The summed E-state index contributed by atoms with van der Waals surface area (Å²) in [6.45, 7) is 13.6. The minimum atomic E-state index is -1.72. The van der Waals surface area contributed by atoms with E-state index < -0.39 is 8.32 Å². The van der Waals surface area contributed by atoms with Gasteiger partial charge in [0.1, 0.15) is 5.60 Å². The van der Waals surface area contributed by atoms with Gasteiger partial charge in [-0.05, 0) is 24.2 Å². The van der Waals surface area contributed by atoms with E-state index in [-0.39, 0.29) is 10.6 Å². The standard InChI is InChI=1S/C14H26O3Si/c1-13(2,3)18(4,5)17-12-6-8-16-14(10-12)7-9-15-11-14/h6H,7-11H2,1-5H3. The number of ether oxygens (including phenoxy) is 2. The van der Waals surface area contributed by atoms with Crippen LogP contribution >= 0.6 is 0 Å². The van der Waals surface area contributed by atoms with Crippen molar-refractivity contribution in [3.63, 3.8) is 0 Å². The summed E-state index contributed by atoms with van der Waals surface area (Å²) in [5.41, 5.74) is -0.105. The van der Waals surface area contributed by atoms with E-state index in [0.717, 1.165) is 25.2 Å². The zero-order valence-corrected chi connectivity index (χ0v) is 13.3. The van der Waals surface area contributed by atoms with Crippen molar-refractivity contribution in [2.75, 3.05) is 19.8 Å². The van der Waals surface area contributed by atoms with Crippen LogP contribution in [0.5, 0.6) is 0 Å². The molecule has 2 aliphatic rings. The van der Waals surface area contributed by atoms with Crippen molar-refractivity contribution in [2.24, 2.45) is 0 Å². The average Bonchev–Trinajstić information content (AvgIpc) is 2.64. The zero-order valence-electron chi connectivity index (χ0n) is 12.3. The van der Waals surface area contributed by atoms with Crippen LogP contribution in [0.2, 0.25) is 18.1 Å². The van der Waals surface area contributed by atoms with Crippen molar-refractivity contribution in [3.8, 4) is 0 Å². The van der Waals surface area contributed by atoms with Gasteiger partial charge in [0.05, 0.1) is 19.0 Å². The first kappa shape index (κ1) is 14.1. The molecule has 1 spiro atoms. The lowest BCUT2D eigenvalue weighted by atomic mass is 9.95. The highest BCUT2D eigenvalue weighted by Gasteiger charge is 2.43. The van der Waals surface area contributed by atoms with Gasteiger partial charge in [-0.3, -0.25) is 0 Å². The lowest BCUT2D eigenvalue weighted by Gasteiger charge is -2.40. The van der Waals surface area contributed by atoms with Gasteiger partial charge >= 0.3 is 0 Å². The van der Waals surface area contributed by atoms with E-state index in [1.54, 1.807) is 0 Å². The van der Waals surface area contributed by atoms with Crippen LogP contribution < -0.4 is 0 Å². The van der Waals surface area contributed by atoms with Crippen molar-refractivity contribution in [1.29, 1.82) is 0 Å². The lowest BCUT2D eigenvalue weighted by molar-refractivity contribution is -0.0513. The van der Waals surface area contributed by atoms with E-state index in [4.69, 9.17) is 13.9 Å². The molecule has 1 atom stereocenters. The second-order valence-corrected chi connectivity index (χ2v) is 11.7. The molecule has 0 amide bonds. The molecule has 0 aromatic heterocycles. The normalized spacial score (nSPS) is 29.5. The van der Waals surface area contributed by atoms with Gasteiger partial charge in [0.25, 0.3) is 0 Å². The van der Waals surface area contributed by atoms with Gasteiger partial charge < -0.3 is 13.9 Å². The maximum atomic E-state index is 6.39. The number of hydrogen-bond donors (Lipinski definition) is 0. The molecule has 1 saturated heterocycles. The van der Waals surface area contributed by atoms with Crippen LogP contribution in [0.1, 0.15) is 33.6 Å².